The average molecular weight is 358 g/mol. The van der Waals surface area contributed by atoms with E-state index in [1.807, 2.05) is 30.3 Å². The summed E-state index contributed by atoms with van der Waals surface area (Å²) in [5.74, 6) is 0.704. The predicted molar refractivity (Wildman–Crippen MR) is 102 cm³/mol. The summed E-state index contributed by atoms with van der Waals surface area (Å²) >= 11 is 0. The Morgan fingerprint density at radius 1 is 0.926 bits per heavy atom. The molecule has 1 N–H and O–H groups in total. The van der Waals surface area contributed by atoms with Crippen LogP contribution in [0, 0.1) is 10.1 Å². The number of phenols is 1. The third-order valence-corrected chi connectivity index (χ3v) is 4.10. The number of fused-ring (bicyclic) bond motifs is 1. The molecule has 0 saturated carbocycles. The molecule has 132 valence electrons. The van der Waals surface area contributed by atoms with E-state index in [1.165, 1.54) is 12.1 Å². The van der Waals surface area contributed by atoms with Crippen molar-refractivity contribution in [2.75, 3.05) is 0 Å². The van der Waals surface area contributed by atoms with Gasteiger partial charge < -0.3 is 9.52 Å². The minimum Gasteiger partial charge on any atom is -0.508 e. The van der Waals surface area contributed by atoms with Crippen LogP contribution in [0.25, 0.3) is 22.3 Å². The maximum Gasteiger partial charge on any atom is 0.270 e. The van der Waals surface area contributed by atoms with Crippen molar-refractivity contribution < 1.29 is 14.4 Å². The van der Waals surface area contributed by atoms with Crippen molar-refractivity contribution in [1.82, 2.24) is 0 Å². The molecule has 0 bridgehead atoms. The lowest BCUT2D eigenvalue weighted by Gasteiger charge is -2.05. The van der Waals surface area contributed by atoms with E-state index in [9.17, 15) is 15.2 Å². The van der Waals surface area contributed by atoms with E-state index in [1.54, 1.807) is 36.4 Å². The maximum atomic E-state index is 11.2. The fraction of sp³-hybridized carbons (Fsp3) is 0. The van der Waals surface area contributed by atoms with E-state index in [-0.39, 0.29) is 11.4 Å². The van der Waals surface area contributed by atoms with Crippen LogP contribution < -0.4 is 5.36 Å². The molecule has 0 atom stereocenters. The molecule has 0 spiro atoms. The lowest BCUT2D eigenvalue weighted by molar-refractivity contribution is -0.384. The summed E-state index contributed by atoms with van der Waals surface area (Å²) in [6, 6.07) is 22.1. The van der Waals surface area contributed by atoms with Crippen LogP contribution in [-0.2, 0) is 0 Å². The van der Waals surface area contributed by atoms with Gasteiger partial charge in [-0.15, -0.1) is 0 Å². The highest BCUT2D eigenvalue weighted by Crippen LogP contribution is 2.26. The van der Waals surface area contributed by atoms with Crippen LogP contribution in [0.1, 0.15) is 0 Å². The summed E-state index contributed by atoms with van der Waals surface area (Å²) < 4.78 is 5.94. The Labute approximate surface area is 153 Å². The second-order valence-electron chi connectivity index (χ2n) is 5.93. The van der Waals surface area contributed by atoms with Gasteiger partial charge in [-0.3, -0.25) is 10.1 Å². The molecule has 4 aromatic rings. The van der Waals surface area contributed by atoms with Crippen molar-refractivity contribution in [3.63, 3.8) is 0 Å². The Morgan fingerprint density at radius 2 is 1.67 bits per heavy atom. The van der Waals surface area contributed by atoms with Crippen LogP contribution in [0.3, 0.4) is 0 Å². The highest BCUT2D eigenvalue weighted by Gasteiger charge is 2.11. The first kappa shape index (κ1) is 16.5. The third kappa shape index (κ3) is 3.41. The lowest BCUT2D eigenvalue weighted by atomic mass is 10.1. The number of benzene rings is 3. The van der Waals surface area contributed by atoms with Gasteiger partial charge >= 0.3 is 0 Å². The Morgan fingerprint density at radius 3 is 2.37 bits per heavy atom. The van der Waals surface area contributed by atoms with Gasteiger partial charge in [-0.1, -0.05) is 18.2 Å². The molecule has 6 nitrogen and oxygen atoms in total. The molecule has 3 aromatic carbocycles. The maximum absolute atomic E-state index is 11.2. The summed E-state index contributed by atoms with van der Waals surface area (Å²) in [6.45, 7) is 0. The van der Waals surface area contributed by atoms with Gasteiger partial charge in [0.05, 0.1) is 16.0 Å². The van der Waals surface area contributed by atoms with Crippen LogP contribution in [0.5, 0.6) is 5.75 Å². The minimum absolute atomic E-state index is 0.0282. The van der Waals surface area contributed by atoms with Gasteiger partial charge in [0, 0.05) is 29.1 Å². The Hall–Kier alpha value is -3.93. The van der Waals surface area contributed by atoms with E-state index < -0.39 is 4.92 Å². The van der Waals surface area contributed by atoms with Crippen LogP contribution in [0.4, 0.5) is 11.4 Å². The van der Waals surface area contributed by atoms with Crippen LogP contribution >= 0.6 is 0 Å². The normalized spacial score (nSPS) is 11.6. The van der Waals surface area contributed by atoms with Crippen molar-refractivity contribution in [2.24, 2.45) is 4.99 Å². The molecular weight excluding hydrogens is 344 g/mol. The van der Waals surface area contributed by atoms with Gasteiger partial charge in [-0.05, 0) is 42.5 Å². The summed E-state index contributed by atoms with van der Waals surface area (Å²) in [6.07, 6.45) is 0. The quantitative estimate of drug-likeness (QED) is 0.415. The number of phenolic OH excluding ortho intramolecular Hbond substituents is 1. The average Bonchev–Trinajstić information content (AvgIpc) is 2.69. The molecule has 0 amide bonds. The lowest BCUT2D eigenvalue weighted by Crippen LogP contribution is -2.04. The molecule has 1 heterocycles. The number of hydrogen-bond acceptors (Lipinski definition) is 5. The number of nitro benzene ring substituents is 1. The standard InChI is InChI=1S/C21H14N2O4/c24-17-9-6-14(7-10-17)21-13-19(22-15-4-2-1-3-5-15)18-12-16(23(25)26)8-11-20(18)27-21/h1-13,24H. The molecule has 0 aliphatic heterocycles. The van der Waals surface area contributed by atoms with Crippen LogP contribution in [-0.4, -0.2) is 10.0 Å². The fourth-order valence-electron chi connectivity index (χ4n) is 2.77. The van der Waals surface area contributed by atoms with Crippen molar-refractivity contribution in [3.8, 4) is 17.1 Å². The number of non-ortho nitro benzene ring substituents is 1. The third-order valence-electron chi connectivity index (χ3n) is 4.10. The molecule has 0 radical (unpaired) electrons. The summed E-state index contributed by atoms with van der Waals surface area (Å²) in [4.78, 5) is 15.4. The molecule has 0 aliphatic rings. The van der Waals surface area contributed by atoms with E-state index in [2.05, 4.69) is 4.99 Å². The Balaban J connectivity index is 2.01. The second kappa shape index (κ2) is 6.76. The molecule has 0 aliphatic carbocycles. The number of aromatic hydroxyl groups is 1. The Kier molecular flexibility index (Phi) is 4.14. The number of nitro groups is 1. The van der Waals surface area contributed by atoms with Crippen molar-refractivity contribution in [2.45, 2.75) is 0 Å². The number of nitrogens with zero attached hydrogens (tertiary/aromatic N) is 2. The van der Waals surface area contributed by atoms with Gasteiger partial charge in [0.15, 0.2) is 0 Å². The van der Waals surface area contributed by atoms with Crippen LogP contribution in [0.2, 0.25) is 0 Å². The molecule has 0 fully saturated rings. The number of rotatable bonds is 3. The van der Waals surface area contributed by atoms with E-state index in [0.717, 1.165) is 11.3 Å². The first-order valence-corrected chi connectivity index (χ1v) is 8.22. The molecule has 27 heavy (non-hydrogen) atoms. The Bertz CT molecular complexity index is 1200. The molecule has 4 rings (SSSR count). The summed E-state index contributed by atoms with van der Waals surface area (Å²) in [5, 5.41) is 21.8. The SMILES string of the molecule is O=[N+]([O-])c1ccc2oc(-c3ccc(O)cc3)cc(=Nc3ccccc3)c2c1. The number of hydrogen-bond donors (Lipinski definition) is 1. The largest absolute Gasteiger partial charge is 0.508 e. The second-order valence-corrected chi connectivity index (χ2v) is 5.93. The summed E-state index contributed by atoms with van der Waals surface area (Å²) in [5.41, 5.74) is 1.95. The minimum atomic E-state index is -0.445. The molecule has 0 saturated heterocycles. The van der Waals surface area contributed by atoms with Gasteiger partial charge in [-0.2, -0.15) is 0 Å². The van der Waals surface area contributed by atoms with Crippen LogP contribution in [0.15, 0.2) is 88.3 Å². The fourth-order valence-corrected chi connectivity index (χ4v) is 2.77. The topological polar surface area (TPSA) is 88.9 Å². The van der Waals surface area contributed by atoms with E-state index >= 15 is 0 Å². The number of para-hydroxylation sites is 1. The molecule has 0 unspecified atom stereocenters. The monoisotopic (exact) mass is 358 g/mol. The zero-order valence-electron chi connectivity index (χ0n) is 14.1. The van der Waals surface area contributed by atoms with Gasteiger partial charge in [-0.25, -0.2) is 4.99 Å². The smallest absolute Gasteiger partial charge is 0.270 e. The van der Waals surface area contributed by atoms with Crippen molar-refractivity contribution in [3.05, 3.63) is 94.3 Å². The first-order valence-electron chi connectivity index (χ1n) is 8.22. The van der Waals surface area contributed by atoms with Crippen molar-refractivity contribution >= 4 is 22.3 Å². The van der Waals surface area contributed by atoms with Crippen molar-refractivity contribution in [1.29, 1.82) is 0 Å². The molecular formula is C21H14N2O4. The van der Waals surface area contributed by atoms with E-state index in [0.29, 0.717) is 22.1 Å². The van der Waals surface area contributed by atoms with Gasteiger partial charge in [0.25, 0.3) is 5.69 Å². The molecule has 1 aromatic heterocycles. The van der Waals surface area contributed by atoms with Gasteiger partial charge in [0.2, 0.25) is 0 Å². The summed E-state index contributed by atoms with van der Waals surface area (Å²) in [7, 11) is 0. The van der Waals surface area contributed by atoms with Gasteiger partial charge in [0.1, 0.15) is 17.1 Å². The van der Waals surface area contributed by atoms with E-state index in [4.69, 9.17) is 4.42 Å². The molecule has 6 heteroatoms. The zero-order chi connectivity index (χ0) is 18.8. The zero-order valence-corrected chi connectivity index (χ0v) is 14.1. The first-order chi connectivity index (χ1) is 13.1. The highest BCUT2D eigenvalue weighted by molar-refractivity contribution is 5.81. The predicted octanol–water partition coefficient (Wildman–Crippen LogP) is 4.95. The highest BCUT2D eigenvalue weighted by atomic mass is 16.6.